The third-order valence-electron chi connectivity index (χ3n) is 2.27. The molecule has 0 bridgehead atoms. The number of benzene rings is 1. The molecule has 0 fully saturated rings. The number of hydrogen-bond donors (Lipinski definition) is 1. The summed E-state index contributed by atoms with van der Waals surface area (Å²) < 4.78 is 0. The van der Waals surface area contributed by atoms with Gasteiger partial charge in [-0.15, -0.1) is 11.8 Å². The summed E-state index contributed by atoms with van der Waals surface area (Å²) in [5, 5.41) is 2.85. The van der Waals surface area contributed by atoms with Gasteiger partial charge in [0.05, 0.1) is 11.4 Å². The number of carbonyl (C=O) groups is 1. The molecule has 0 radical (unpaired) electrons. The van der Waals surface area contributed by atoms with Crippen molar-refractivity contribution in [1.29, 1.82) is 0 Å². The van der Waals surface area contributed by atoms with Gasteiger partial charge in [-0.05, 0) is 24.3 Å². The minimum Gasteiger partial charge on any atom is -0.325 e. The fraction of sp³-hybridized carbons (Fsp3) is 0.143. The van der Waals surface area contributed by atoms with Gasteiger partial charge in [0, 0.05) is 17.6 Å². The Morgan fingerprint density at radius 3 is 2.61 bits per heavy atom. The number of pyridine rings is 1. The van der Waals surface area contributed by atoms with Crippen LogP contribution in [0, 0.1) is 0 Å². The minimum absolute atomic E-state index is 0.0159. The lowest BCUT2D eigenvalue weighted by atomic mass is 10.3. The van der Waals surface area contributed by atoms with Crippen LogP contribution < -0.4 is 5.32 Å². The molecule has 0 atom stereocenters. The van der Waals surface area contributed by atoms with Crippen LogP contribution in [-0.4, -0.2) is 16.6 Å². The minimum atomic E-state index is 0.0159. The monoisotopic (exact) mass is 258 g/mol. The van der Waals surface area contributed by atoms with Gasteiger partial charge in [0.15, 0.2) is 0 Å². The van der Waals surface area contributed by atoms with Crippen LogP contribution in [0.15, 0.2) is 54.7 Å². The summed E-state index contributed by atoms with van der Waals surface area (Å²) in [6.07, 6.45) is 1.76. The first-order valence-corrected chi connectivity index (χ1v) is 6.82. The van der Waals surface area contributed by atoms with E-state index in [0.717, 1.165) is 17.1 Å². The van der Waals surface area contributed by atoms with Crippen LogP contribution in [-0.2, 0) is 10.5 Å². The Bertz CT molecular complexity index is 488. The van der Waals surface area contributed by atoms with Crippen molar-refractivity contribution in [2.24, 2.45) is 0 Å². The molecule has 3 nitrogen and oxygen atoms in total. The van der Waals surface area contributed by atoms with Gasteiger partial charge in [0.1, 0.15) is 0 Å². The second-order valence-corrected chi connectivity index (χ2v) is 4.71. The van der Waals surface area contributed by atoms with Gasteiger partial charge in [-0.2, -0.15) is 0 Å². The van der Waals surface area contributed by atoms with Gasteiger partial charge in [0.25, 0.3) is 0 Å². The van der Waals surface area contributed by atoms with E-state index >= 15 is 0 Å². The molecule has 18 heavy (non-hydrogen) atoms. The van der Waals surface area contributed by atoms with E-state index in [1.807, 2.05) is 48.5 Å². The number of anilines is 1. The van der Waals surface area contributed by atoms with Crippen LogP contribution in [0.4, 0.5) is 5.69 Å². The number of nitrogens with zero attached hydrogens (tertiary/aromatic N) is 1. The van der Waals surface area contributed by atoms with E-state index in [9.17, 15) is 4.79 Å². The van der Waals surface area contributed by atoms with Crippen molar-refractivity contribution < 1.29 is 4.79 Å². The van der Waals surface area contributed by atoms with Crippen molar-refractivity contribution in [2.75, 3.05) is 11.1 Å². The van der Waals surface area contributed by atoms with E-state index < -0.39 is 0 Å². The lowest BCUT2D eigenvalue weighted by Crippen LogP contribution is -2.14. The molecule has 4 heteroatoms. The Hall–Kier alpha value is -1.81. The summed E-state index contributed by atoms with van der Waals surface area (Å²) in [6, 6.07) is 15.3. The van der Waals surface area contributed by atoms with E-state index in [1.54, 1.807) is 18.0 Å². The highest BCUT2D eigenvalue weighted by atomic mass is 32.2. The Kier molecular flexibility index (Phi) is 4.78. The van der Waals surface area contributed by atoms with E-state index in [0.29, 0.717) is 5.75 Å². The molecule has 1 aromatic carbocycles. The van der Waals surface area contributed by atoms with Gasteiger partial charge in [-0.25, -0.2) is 0 Å². The molecule has 0 spiro atoms. The van der Waals surface area contributed by atoms with Crippen LogP contribution in [0.3, 0.4) is 0 Å². The first-order chi connectivity index (χ1) is 8.84. The molecular formula is C14H14N2OS. The molecule has 1 amide bonds. The zero-order chi connectivity index (χ0) is 12.6. The molecule has 1 N–H and O–H groups in total. The fourth-order valence-corrected chi connectivity index (χ4v) is 2.19. The van der Waals surface area contributed by atoms with Crippen LogP contribution >= 0.6 is 11.8 Å². The van der Waals surface area contributed by atoms with E-state index in [4.69, 9.17) is 0 Å². The van der Waals surface area contributed by atoms with Gasteiger partial charge in [0.2, 0.25) is 5.91 Å². The largest absolute Gasteiger partial charge is 0.325 e. The molecule has 1 aromatic heterocycles. The second kappa shape index (κ2) is 6.81. The van der Waals surface area contributed by atoms with Crippen molar-refractivity contribution >= 4 is 23.4 Å². The molecule has 0 saturated carbocycles. The highest BCUT2D eigenvalue weighted by Gasteiger charge is 2.02. The van der Waals surface area contributed by atoms with E-state index in [2.05, 4.69) is 10.3 Å². The van der Waals surface area contributed by atoms with Crippen molar-refractivity contribution in [1.82, 2.24) is 4.98 Å². The summed E-state index contributed by atoms with van der Waals surface area (Å²) in [7, 11) is 0. The van der Waals surface area contributed by atoms with Crippen molar-refractivity contribution in [3.8, 4) is 0 Å². The average molecular weight is 258 g/mol. The maximum atomic E-state index is 11.7. The quantitative estimate of drug-likeness (QED) is 0.896. The molecule has 2 aromatic rings. The van der Waals surface area contributed by atoms with Crippen molar-refractivity contribution in [3.05, 3.63) is 60.4 Å². The Balaban J connectivity index is 1.73. The Labute approximate surface area is 111 Å². The topological polar surface area (TPSA) is 42.0 Å². The maximum Gasteiger partial charge on any atom is 0.234 e. The molecule has 2 rings (SSSR count). The molecule has 0 saturated heterocycles. The van der Waals surface area contributed by atoms with Crippen LogP contribution in [0.5, 0.6) is 0 Å². The van der Waals surface area contributed by atoms with Gasteiger partial charge in [-0.1, -0.05) is 24.3 Å². The number of amides is 1. The van der Waals surface area contributed by atoms with E-state index in [-0.39, 0.29) is 5.91 Å². The standard InChI is InChI=1S/C14H14N2OS/c17-14(16-12-6-2-1-3-7-12)11-18-10-13-8-4-5-9-15-13/h1-9H,10-11H2,(H,16,17). The molecule has 0 aliphatic heterocycles. The third-order valence-corrected chi connectivity index (χ3v) is 3.23. The normalized spacial score (nSPS) is 10.0. The number of para-hydroxylation sites is 1. The van der Waals surface area contributed by atoms with Crippen LogP contribution in [0.2, 0.25) is 0 Å². The predicted octanol–water partition coefficient (Wildman–Crippen LogP) is 2.95. The molecule has 0 aliphatic carbocycles. The Morgan fingerprint density at radius 1 is 1.11 bits per heavy atom. The average Bonchev–Trinajstić information content (AvgIpc) is 2.41. The summed E-state index contributed by atoms with van der Waals surface area (Å²) >= 11 is 1.56. The molecular weight excluding hydrogens is 244 g/mol. The van der Waals surface area contributed by atoms with Gasteiger partial charge in [-0.3, -0.25) is 9.78 Å². The fourth-order valence-electron chi connectivity index (χ4n) is 1.45. The van der Waals surface area contributed by atoms with Gasteiger partial charge < -0.3 is 5.32 Å². The first kappa shape index (κ1) is 12.6. The lowest BCUT2D eigenvalue weighted by Gasteiger charge is -2.04. The van der Waals surface area contributed by atoms with Crippen LogP contribution in [0.1, 0.15) is 5.69 Å². The zero-order valence-electron chi connectivity index (χ0n) is 9.87. The number of carbonyl (C=O) groups excluding carboxylic acids is 1. The molecule has 1 heterocycles. The third kappa shape index (κ3) is 4.22. The number of hydrogen-bond acceptors (Lipinski definition) is 3. The molecule has 0 unspecified atom stereocenters. The molecule has 92 valence electrons. The SMILES string of the molecule is O=C(CSCc1ccccn1)Nc1ccccc1. The maximum absolute atomic E-state index is 11.7. The summed E-state index contributed by atoms with van der Waals surface area (Å²) in [4.78, 5) is 15.9. The highest BCUT2D eigenvalue weighted by Crippen LogP contribution is 2.11. The van der Waals surface area contributed by atoms with Crippen LogP contribution in [0.25, 0.3) is 0 Å². The number of rotatable bonds is 5. The Morgan fingerprint density at radius 2 is 1.89 bits per heavy atom. The summed E-state index contributed by atoms with van der Waals surface area (Å²) in [6.45, 7) is 0. The predicted molar refractivity (Wildman–Crippen MR) is 75.5 cm³/mol. The van der Waals surface area contributed by atoms with Gasteiger partial charge >= 0.3 is 0 Å². The highest BCUT2D eigenvalue weighted by molar-refractivity contribution is 7.99. The lowest BCUT2D eigenvalue weighted by molar-refractivity contribution is -0.113. The number of nitrogens with one attached hydrogen (secondary N) is 1. The number of aromatic nitrogens is 1. The van der Waals surface area contributed by atoms with Crippen molar-refractivity contribution in [3.63, 3.8) is 0 Å². The molecule has 0 aliphatic rings. The summed E-state index contributed by atoms with van der Waals surface area (Å²) in [5.74, 6) is 1.20. The first-order valence-electron chi connectivity index (χ1n) is 5.67. The number of thioether (sulfide) groups is 1. The zero-order valence-corrected chi connectivity index (χ0v) is 10.7. The summed E-state index contributed by atoms with van der Waals surface area (Å²) in [5.41, 5.74) is 1.83. The van der Waals surface area contributed by atoms with Crippen molar-refractivity contribution in [2.45, 2.75) is 5.75 Å². The second-order valence-electron chi connectivity index (χ2n) is 3.73. The smallest absolute Gasteiger partial charge is 0.234 e. The van der Waals surface area contributed by atoms with E-state index in [1.165, 1.54) is 0 Å².